The van der Waals surface area contributed by atoms with Crippen LogP contribution in [0.5, 0.6) is 11.5 Å². The summed E-state index contributed by atoms with van der Waals surface area (Å²) in [7, 11) is 0. The lowest BCUT2D eigenvalue weighted by Crippen LogP contribution is -2.49. The first-order chi connectivity index (χ1) is 8.20. The zero-order valence-electron chi connectivity index (χ0n) is 9.65. The molecule has 1 atom stereocenters. The zero-order valence-corrected chi connectivity index (χ0v) is 9.65. The summed E-state index contributed by atoms with van der Waals surface area (Å²) in [4.78, 5) is 0. The minimum Gasteiger partial charge on any atom is -0.507 e. The average Bonchev–Trinajstić information content (AvgIpc) is 2.29. The van der Waals surface area contributed by atoms with Crippen LogP contribution in [0.1, 0.15) is 30.9 Å². The van der Waals surface area contributed by atoms with Crippen LogP contribution in [0.4, 0.5) is 0 Å². The van der Waals surface area contributed by atoms with E-state index in [0.29, 0.717) is 17.7 Å². The van der Waals surface area contributed by atoms with Gasteiger partial charge in [0, 0.05) is 6.42 Å². The number of aliphatic hydroxyl groups excluding tert-OH is 1. The van der Waals surface area contributed by atoms with Gasteiger partial charge < -0.3 is 20.3 Å². The van der Waals surface area contributed by atoms with Gasteiger partial charge in [0.1, 0.15) is 17.1 Å². The smallest absolute Gasteiger partial charge is 0.129 e. The summed E-state index contributed by atoms with van der Waals surface area (Å²) in [6.07, 6.45) is 1.75. The van der Waals surface area contributed by atoms with Crippen LogP contribution < -0.4 is 10.1 Å². The summed E-state index contributed by atoms with van der Waals surface area (Å²) in [6.45, 7) is 1.84. The van der Waals surface area contributed by atoms with Gasteiger partial charge in [-0.1, -0.05) is 6.07 Å². The largest absolute Gasteiger partial charge is 0.507 e. The van der Waals surface area contributed by atoms with Gasteiger partial charge in [0.15, 0.2) is 0 Å². The molecule has 2 aliphatic heterocycles. The Morgan fingerprint density at radius 3 is 2.82 bits per heavy atom. The van der Waals surface area contributed by atoms with E-state index in [4.69, 9.17) is 4.74 Å². The summed E-state index contributed by atoms with van der Waals surface area (Å²) in [5.41, 5.74) is 0.280. The first kappa shape index (κ1) is 10.9. The van der Waals surface area contributed by atoms with Crippen LogP contribution in [-0.4, -0.2) is 28.9 Å². The Bertz CT molecular complexity index is 427. The fourth-order valence-corrected chi connectivity index (χ4v) is 2.87. The van der Waals surface area contributed by atoms with Crippen LogP contribution in [0.2, 0.25) is 0 Å². The molecule has 0 radical (unpaired) electrons. The van der Waals surface area contributed by atoms with Crippen LogP contribution in [0.15, 0.2) is 18.2 Å². The lowest BCUT2D eigenvalue weighted by Gasteiger charge is -2.43. The van der Waals surface area contributed by atoms with E-state index in [1.54, 1.807) is 12.1 Å². The van der Waals surface area contributed by atoms with E-state index in [0.717, 1.165) is 25.9 Å². The highest BCUT2D eigenvalue weighted by Gasteiger charge is 2.42. The van der Waals surface area contributed by atoms with Crippen molar-refractivity contribution >= 4 is 0 Å². The molecule has 1 saturated heterocycles. The number of hydrogen-bond acceptors (Lipinski definition) is 4. The number of rotatable bonds is 0. The fraction of sp³-hybridized carbons (Fsp3) is 0.538. The molecule has 4 heteroatoms. The van der Waals surface area contributed by atoms with Gasteiger partial charge in [-0.05, 0) is 38.1 Å². The molecular formula is C13H17NO3. The molecule has 0 aromatic heterocycles. The zero-order chi connectivity index (χ0) is 11.9. The lowest BCUT2D eigenvalue weighted by atomic mass is 9.82. The number of hydrogen-bond donors (Lipinski definition) is 3. The second-order valence-corrected chi connectivity index (χ2v) is 4.94. The monoisotopic (exact) mass is 235 g/mol. The van der Waals surface area contributed by atoms with Gasteiger partial charge in [0.25, 0.3) is 0 Å². The van der Waals surface area contributed by atoms with E-state index in [1.807, 2.05) is 6.07 Å². The second kappa shape index (κ2) is 3.89. The predicted molar refractivity (Wildman–Crippen MR) is 63.1 cm³/mol. The van der Waals surface area contributed by atoms with E-state index >= 15 is 0 Å². The van der Waals surface area contributed by atoms with Gasteiger partial charge in [0.2, 0.25) is 0 Å². The van der Waals surface area contributed by atoms with E-state index in [9.17, 15) is 10.2 Å². The molecule has 2 heterocycles. The number of fused-ring (bicyclic) bond motifs is 1. The molecular weight excluding hydrogens is 218 g/mol. The van der Waals surface area contributed by atoms with Gasteiger partial charge in [-0.25, -0.2) is 0 Å². The minimum atomic E-state index is -0.627. The fourth-order valence-electron chi connectivity index (χ4n) is 2.87. The highest BCUT2D eigenvalue weighted by atomic mass is 16.5. The number of phenolic OH excluding ortho intramolecular Hbond substituents is 1. The third-order valence-electron chi connectivity index (χ3n) is 3.78. The lowest BCUT2D eigenvalue weighted by molar-refractivity contribution is -0.0346. The van der Waals surface area contributed by atoms with Crippen molar-refractivity contribution in [2.75, 3.05) is 13.1 Å². The van der Waals surface area contributed by atoms with Crippen molar-refractivity contribution in [2.24, 2.45) is 0 Å². The molecule has 0 aliphatic carbocycles. The van der Waals surface area contributed by atoms with Crippen LogP contribution in [0.25, 0.3) is 0 Å². The van der Waals surface area contributed by atoms with Crippen LogP contribution in [0.3, 0.4) is 0 Å². The van der Waals surface area contributed by atoms with E-state index in [1.165, 1.54) is 0 Å². The number of aliphatic hydroxyl groups is 1. The first-order valence-electron chi connectivity index (χ1n) is 6.10. The summed E-state index contributed by atoms with van der Waals surface area (Å²) >= 11 is 0. The number of ether oxygens (including phenoxy) is 1. The van der Waals surface area contributed by atoms with E-state index < -0.39 is 6.10 Å². The number of piperidine rings is 1. The Balaban J connectivity index is 1.97. The van der Waals surface area contributed by atoms with E-state index in [2.05, 4.69) is 5.32 Å². The average molecular weight is 235 g/mol. The normalized spacial score (nSPS) is 26.3. The van der Waals surface area contributed by atoms with Crippen molar-refractivity contribution in [3.63, 3.8) is 0 Å². The Hall–Kier alpha value is -1.26. The van der Waals surface area contributed by atoms with Crippen LogP contribution in [-0.2, 0) is 0 Å². The van der Waals surface area contributed by atoms with Gasteiger partial charge >= 0.3 is 0 Å². The summed E-state index contributed by atoms with van der Waals surface area (Å²) in [5.74, 6) is 0.754. The molecule has 1 fully saturated rings. The molecule has 1 aromatic carbocycles. The maximum absolute atomic E-state index is 10.2. The molecule has 0 bridgehead atoms. The standard InChI is InChI=1S/C13H17NO3/c15-9-2-1-3-11-12(9)10(16)8-13(17-11)4-6-14-7-5-13/h1-3,10,14-16H,4-8H2. The second-order valence-electron chi connectivity index (χ2n) is 4.94. The van der Waals surface area contributed by atoms with Gasteiger partial charge in [-0.2, -0.15) is 0 Å². The highest BCUT2D eigenvalue weighted by molar-refractivity contribution is 5.47. The van der Waals surface area contributed by atoms with Crippen molar-refractivity contribution in [1.82, 2.24) is 5.32 Å². The quantitative estimate of drug-likeness (QED) is 0.635. The molecule has 0 amide bonds. The Labute approximate surface area is 100 Å². The summed E-state index contributed by atoms with van der Waals surface area (Å²) < 4.78 is 6.05. The Kier molecular flexibility index (Phi) is 2.49. The number of benzene rings is 1. The Morgan fingerprint density at radius 2 is 2.06 bits per heavy atom. The summed E-state index contributed by atoms with van der Waals surface area (Å²) in [6, 6.07) is 5.16. The highest BCUT2D eigenvalue weighted by Crippen LogP contribution is 2.46. The SMILES string of the molecule is Oc1cccc2c1C(O)CC1(CCNCC1)O2. The molecule has 4 nitrogen and oxygen atoms in total. The molecule has 1 spiro atoms. The third kappa shape index (κ3) is 1.77. The van der Waals surface area contributed by atoms with Gasteiger partial charge in [0.05, 0.1) is 11.7 Å². The van der Waals surface area contributed by atoms with Crippen molar-refractivity contribution < 1.29 is 14.9 Å². The van der Waals surface area contributed by atoms with E-state index in [-0.39, 0.29) is 11.4 Å². The maximum atomic E-state index is 10.2. The molecule has 2 aliphatic rings. The number of aromatic hydroxyl groups is 1. The van der Waals surface area contributed by atoms with Crippen LogP contribution in [0, 0.1) is 0 Å². The van der Waals surface area contributed by atoms with Gasteiger partial charge in [-0.3, -0.25) is 0 Å². The maximum Gasteiger partial charge on any atom is 0.129 e. The van der Waals surface area contributed by atoms with Crippen molar-refractivity contribution in [3.05, 3.63) is 23.8 Å². The molecule has 3 N–H and O–H groups in total. The molecule has 0 saturated carbocycles. The summed E-state index contributed by atoms with van der Waals surface area (Å²) in [5, 5.41) is 23.3. The molecule has 1 aromatic rings. The first-order valence-corrected chi connectivity index (χ1v) is 6.10. The number of nitrogens with one attached hydrogen (secondary N) is 1. The number of phenols is 1. The van der Waals surface area contributed by atoms with Gasteiger partial charge in [-0.15, -0.1) is 0 Å². The van der Waals surface area contributed by atoms with Crippen LogP contribution >= 0.6 is 0 Å². The van der Waals surface area contributed by atoms with Crippen molar-refractivity contribution in [3.8, 4) is 11.5 Å². The minimum absolute atomic E-state index is 0.124. The molecule has 1 unspecified atom stereocenters. The topological polar surface area (TPSA) is 61.7 Å². The van der Waals surface area contributed by atoms with Crippen molar-refractivity contribution in [1.29, 1.82) is 0 Å². The van der Waals surface area contributed by atoms with Crippen molar-refractivity contribution in [2.45, 2.75) is 31.0 Å². The predicted octanol–water partition coefficient (Wildman–Crippen LogP) is 1.33. The third-order valence-corrected chi connectivity index (χ3v) is 3.78. The molecule has 92 valence electrons. The Morgan fingerprint density at radius 1 is 1.29 bits per heavy atom. The molecule has 3 rings (SSSR count). The molecule has 17 heavy (non-hydrogen) atoms.